The van der Waals surface area contributed by atoms with Gasteiger partial charge in [0.15, 0.2) is 5.65 Å². The van der Waals surface area contributed by atoms with Crippen LogP contribution in [0.1, 0.15) is 21.6 Å². The van der Waals surface area contributed by atoms with E-state index in [2.05, 4.69) is 32.3 Å². The van der Waals surface area contributed by atoms with Crippen molar-refractivity contribution in [1.82, 2.24) is 29.6 Å². The largest absolute Gasteiger partial charge is 0.336 e. The maximum Gasteiger partial charge on any atom is 0.255 e. The third kappa shape index (κ3) is 3.19. The van der Waals surface area contributed by atoms with Crippen molar-refractivity contribution < 1.29 is 4.79 Å². The molecule has 7 nitrogen and oxygen atoms in total. The van der Waals surface area contributed by atoms with Crippen LogP contribution in [0.25, 0.3) is 11.2 Å². The zero-order chi connectivity index (χ0) is 17.9. The van der Waals surface area contributed by atoms with Crippen LogP contribution in [0.3, 0.4) is 0 Å². The molecule has 4 rings (SSSR count). The van der Waals surface area contributed by atoms with E-state index in [1.165, 1.54) is 5.56 Å². The highest BCUT2D eigenvalue weighted by Crippen LogP contribution is 2.15. The summed E-state index contributed by atoms with van der Waals surface area (Å²) in [4.78, 5) is 23.1. The van der Waals surface area contributed by atoms with Gasteiger partial charge in [0.25, 0.3) is 5.91 Å². The highest BCUT2D eigenvalue weighted by molar-refractivity contribution is 5.96. The summed E-state index contributed by atoms with van der Waals surface area (Å²) in [5.74, 6) is -0.105. The van der Waals surface area contributed by atoms with Crippen molar-refractivity contribution in [1.29, 1.82) is 0 Å². The van der Waals surface area contributed by atoms with Gasteiger partial charge in [-0.3, -0.25) is 9.89 Å². The highest BCUT2D eigenvalue weighted by atomic mass is 16.2. The van der Waals surface area contributed by atoms with E-state index in [0.29, 0.717) is 24.2 Å². The van der Waals surface area contributed by atoms with E-state index in [1.54, 1.807) is 36.7 Å². The van der Waals surface area contributed by atoms with Gasteiger partial charge < -0.3 is 9.47 Å². The first kappa shape index (κ1) is 16.0. The van der Waals surface area contributed by atoms with Crippen LogP contribution in [-0.2, 0) is 13.1 Å². The summed E-state index contributed by atoms with van der Waals surface area (Å²) in [6.07, 6.45) is 5.03. The number of nitrogens with zero attached hydrogens (tertiary/aromatic N) is 5. The van der Waals surface area contributed by atoms with Crippen LogP contribution >= 0.6 is 0 Å². The first-order chi connectivity index (χ1) is 12.7. The number of rotatable bonds is 5. The lowest BCUT2D eigenvalue weighted by molar-refractivity contribution is 0.0783. The van der Waals surface area contributed by atoms with Crippen LogP contribution in [0.2, 0.25) is 0 Å². The molecular formula is C19H18N6O. The van der Waals surface area contributed by atoms with E-state index in [9.17, 15) is 4.79 Å². The van der Waals surface area contributed by atoms with Crippen LogP contribution in [0.4, 0.5) is 0 Å². The first-order valence-electron chi connectivity index (χ1n) is 8.29. The molecule has 0 aliphatic carbocycles. The minimum atomic E-state index is -0.105. The number of pyridine rings is 1. The molecule has 130 valence electrons. The fourth-order valence-corrected chi connectivity index (χ4v) is 2.88. The lowest BCUT2D eigenvalue weighted by Gasteiger charge is -2.15. The van der Waals surface area contributed by atoms with Crippen LogP contribution in [0, 0.1) is 0 Å². The van der Waals surface area contributed by atoms with Gasteiger partial charge in [-0.25, -0.2) is 9.97 Å². The molecule has 7 heteroatoms. The fourth-order valence-electron chi connectivity index (χ4n) is 2.88. The number of fused-ring (bicyclic) bond motifs is 1. The van der Waals surface area contributed by atoms with E-state index in [-0.39, 0.29) is 5.91 Å². The molecule has 1 N–H and O–H groups in total. The van der Waals surface area contributed by atoms with E-state index in [0.717, 1.165) is 11.3 Å². The van der Waals surface area contributed by atoms with Gasteiger partial charge in [0, 0.05) is 19.4 Å². The summed E-state index contributed by atoms with van der Waals surface area (Å²) in [6.45, 7) is 1.15. The van der Waals surface area contributed by atoms with Crippen LogP contribution in [0.15, 0.2) is 61.2 Å². The molecule has 4 aromatic rings. The van der Waals surface area contributed by atoms with E-state index < -0.39 is 0 Å². The van der Waals surface area contributed by atoms with Crippen molar-refractivity contribution in [2.24, 2.45) is 0 Å². The van der Waals surface area contributed by atoms with Crippen molar-refractivity contribution in [2.45, 2.75) is 13.1 Å². The summed E-state index contributed by atoms with van der Waals surface area (Å²) < 4.78 is 1.98. The number of aromatic amines is 1. The number of carbonyl (C=O) groups excluding carboxylic acids is 1. The Morgan fingerprint density at radius 1 is 1.19 bits per heavy atom. The van der Waals surface area contributed by atoms with Crippen LogP contribution in [-0.4, -0.2) is 42.6 Å². The van der Waals surface area contributed by atoms with E-state index in [1.807, 2.05) is 28.8 Å². The van der Waals surface area contributed by atoms with Crippen molar-refractivity contribution >= 4 is 17.1 Å². The number of aromatic nitrogens is 5. The highest BCUT2D eigenvalue weighted by Gasteiger charge is 2.15. The summed E-state index contributed by atoms with van der Waals surface area (Å²) >= 11 is 0. The maximum atomic E-state index is 12.6. The number of benzene rings is 1. The SMILES string of the molecule is CN(Cc1ccn[nH]1)C(=O)c1cnc2c(c1)ncn2Cc1ccccc1. The maximum absolute atomic E-state index is 12.6. The molecule has 0 unspecified atom stereocenters. The molecular weight excluding hydrogens is 328 g/mol. The monoisotopic (exact) mass is 346 g/mol. The molecule has 3 heterocycles. The number of H-pyrrole nitrogens is 1. The Bertz CT molecular complexity index is 1020. The van der Waals surface area contributed by atoms with Crippen molar-refractivity contribution in [3.8, 4) is 0 Å². The zero-order valence-electron chi connectivity index (χ0n) is 14.3. The summed E-state index contributed by atoms with van der Waals surface area (Å²) in [5.41, 5.74) is 4.04. The molecule has 1 amide bonds. The molecule has 0 aliphatic rings. The third-order valence-corrected chi connectivity index (χ3v) is 4.21. The summed E-state index contributed by atoms with van der Waals surface area (Å²) in [6, 6.07) is 13.8. The van der Waals surface area contributed by atoms with Crippen molar-refractivity contribution in [3.63, 3.8) is 0 Å². The minimum absolute atomic E-state index is 0.105. The second kappa shape index (κ2) is 6.79. The topological polar surface area (TPSA) is 79.7 Å². The number of carbonyl (C=O) groups is 1. The lowest BCUT2D eigenvalue weighted by atomic mass is 10.2. The second-order valence-corrected chi connectivity index (χ2v) is 6.17. The molecule has 0 spiro atoms. The fraction of sp³-hybridized carbons (Fsp3) is 0.158. The second-order valence-electron chi connectivity index (χ2n) is 6.17. The van der Waals surface area contributed by atoms with Crippen molar-refractivity contribution in [3.05, 3.63) is 78.0 Å². The molecule has 3 aromatic heterocycles. The number of nitrogens with one attached hydrogen (secondary N) is 1. The molecule has 0 fully saturated rings. The standard InChI is InChI=1S/C19H18N6O/c1-24(12-16-7-8-22-23-16)19(26)15-9-17-18(20-10-15)25(13-21-17)11-14-5-3-2-4-6-14/h2-10,13H,11-12H2,1H3,(H,22,23). The minimum Gasteiger partial charge on any atom is -0.336 e. The Labute approximate surface area is 150 Å². The molecule has 1 aromatic carbocycles. The van der Waals surface area contributed by atoms with Gasteiger partial charge >= 0.3 is 0 Å². The number of amides is 1. The van der Waals surface area contributed by atoms with Crippen LogP contribution in [0.5, 0.6) is 0 Å². The van der Waals surface area contributed by atoms with Gasteiger partial charge in [-0.1, -0.05) is 30.3 Å². The predicted octanol–water partition coefficient (Wildman–Crippen LogP) is 2.47. The zero-order valence-corrected chi connectivity index (χ0v) is 14.3. The first-order valence-corrected chi connectivity index (χ1v) is 8.29. The van der Waals surface area contributed by atoms with Gasteiger partial charge in [0.1, 0.15) is 5.52 Å². The number of hydrogen-bond acceptors (Lipinski definition) is 4. The summed E-state index contributed by atoms with van der Waals surface area (Å²) in [5, 5.41) is 6.75. The Morgan fingerprint density at radius 2 is 2.04 bits per heavy atom. The predicted molar refractivity (Wildman–Crippen MR) is 97.5 cm³/mol. The van der Waals surface area contributed by atoms with E-state index >= 15 is 0 Å². The Hall–Kier alpha value is -3.48. The molecule has 0 atom stereocenters. The van der Waals surface area contributed by atoms with Gasteiger partial charge in [0.05, 0.1) is 30.7 Å². The molecule has 26 heavy (non-hydrogen) atoms. The van der Waals surface area contributed by atoms with Crippen molar-refractivity contribution in [2.75, 3.05) is 7.05 Å². The van der Waals surface area contributed by atoms with Gasteiger partial charge in [-0.05, 0) is 17.7 Å². The quantitative estimate of drug-likeness (QED) is 0.602. The van der Waals surface area contributed by atoms with Gasteiger partial charge in [-0.2, -0.15) is 5.10 Å². The van der Waals surface area contributed by atoms with Gasteiger partial charge in [0.2, 0.25) is 0 Å². The Balaban J connectivity index is 1.55. The molecule has 0 saturated heterocycles. The molecule has 0 bridgehead atoms. The normalized spacial score (nSPS) is 11.0. The summed E-state index contributed by atoms with van der Waals surface area (Å²) in [7, 11) is 1.75. The Kier molecular flexibility index (Phi) is 4.18. The van der Waals surface area contributed by atoms with Crippen LogP contribution < -0.4 is 0 Å². The smallest absolute Gasteiger partial charge is 0.255 e. The molecule has 0 saturated carbocycles. The number of hydrogen-bond donors (Lipinski definition) is 1. The lowest BCUT2D eigenvalue weighted by Crippen LogP contribution is -2.26. The average molecular weight is 346 g/mol. The molecule has 0 aliphatic heterocycles. The van der Waals surface area contributed by atoms with Gasteiger partial charge in [-0.15, -0.1) is 0 Å². The molecule has 0 radical (unpaired) electrons. The number of imidazole rings is 1. The average Bonchev–Trinajstić information content (AvgIpc) is 3.32. The Morgan fingerprint density at radius 3 is 2.81 bits per heavy atom. The third-order valence-electron chi connectivity index (χ3n) is 4.21. The van der Waals surface area contributed by atoms with E-state index in [4.69, 9.17) is 0 Å².